The molecule has 4 amide bonds. The molecule has 5 rings (SSSR count). The Morgan fingerprint density at radius 2 is 1.79 bits per heavy atom. The van der Waals surface area contributed by atoms with Gasteiger partial charge in [0.1, 0.15) is 12.1 Å². The van der Waals surface area contributed by atoms with Crippen LogP contribution in [0.2, 0.25) is 0 Å². The Labute approximate surface area is 276 Å². The number of halogens is 2. The number of alkyl halides is 2. The number of thiophene rings is 1. The molecule has 11 nitrogen and oxygen atoms in total. The molecule has 2 aromatic rings. The van der Waals surface area contributed by atoms with Crippen LogP contribution in [-0.4, -0.2) is 92.4 Å². The largest absolute Gasteiger partial charge is 0.399 e. The normalized spacial score (nSPS) is 22.6. The van der Waals surface area contributed by atoms with Crippen molar-refractivity contribution in [3.8, 4) is 0 Å². The molecule has 0 bridgehead atoms. The van der Waals surface area contributed by atoms with Gasteiger partial charge in [0.2, 0.25) is 17.7 Å². The zero-order valence-corrected chi connectivity index (χ0v) is 28.8. The van der Waals surface area contributed by atoms with E-state index < -0.39 is 42.2 Å². The van der Waals surface area contributed by atoms with Gasteiger partial charge in [0.25, 0.3) is 5.91 Å². The number of hydrogen-bond acceptors (Lipinski definition) is 6. The zero-order valence-electron chi connectivity index (χ0n) is 27.1. The Bertz CT molecular complexity index is 1610. The fourth-order valence-electron chi connectivity index (χ4n) is 6.95. The van der Waals surface area contributed by atoms with Crippen LogP contribution in [0, 0.1) is 11.3 Å². The predicted octanol–water partition coefficient (Wildman–Crippen LogP) is 4.51. The third kappa shape index (κ3) is 6.97. The molecule has 1 aromatic carbocycles. The summed E-state index contributed by atoms with van der Waals surface area (Å²) >= 11 is 1.00. The van der Waals surface area contributed by atoms with Crippen LogP contribution >= 0.6 is 18.9 Å². The summed E-state index contributed by atoms with van der Waals surface area (Å²) < 4.78 is 40.4. The van der Waals surface area contributed by atoms with Gasteiger partial charge in [-0.1, -0.05) is 40.2 Å². The van der Waals surface area contributed by atoms with E-state index in [2.05, 4.69) is 5.32 Å². The summed E-state index contributed by atoms with van der Waals surface area (Å²) in [6.07, 6.45) is 4.26. The molecule has 4 heterocycles. The highest BCUT2D eigenvalue weighted by molar-refractivity contribution is 7.52. The van der Waals surface area contributed by atoms with Crippen molar-refractivity contribution in [2.75, 3.05) is 26.2 Å². The molecule has 0 spiro atoms. The minimum Gasteiger partial charge on any atom is -0.339 e. The van der Waals surface area contributed by atoms with Gasteiger partial charge in [-0.3, -0.25) is 23.7 Å². The van der Waals surface area contributed by atoms with Crippen molar-refractivity contribution in [2.24, 2.45) is 11.3 Å². The van der Waals surface area contributed by atoms with Crippen molar-refractivity contribution < 1.29 is 42.3 Å². The second-order valence-corrected chi connectivity index (χ2v) is 16.7. The first-order valence-electron chi connectivity index (χ1n) is 16.1. The highest BCUT2D eigenvalue weighted by Crippen LogP contribution is 2.59. The Balaban J connectivity index is 1.29. The van der Waals surface area contributed by atoms with E-state index in [-0.39, 0.29) is 39.9 Å². The van der Waals surface area contributed by atoms with Crippen LogP contribution in [0.5, 0.6) is 0 Å². The van der Waals surface area contributed by atoms with Gasteiger partial charge >= 0.3 is 13.3 Å². The molecule has 15 heteroatoms. The van der Waals surface area contributed by atoms with Crippen molar-refractivity contribution >= 4 is 52.6 Å². The van der Waals surface area contributed by atoms with E-state index in [1.165, 1.54) is 12.1 Å². The molecule has 3 fully saturated rings. The number of fused-ring (bicyclic) bond motifs is 2. The minimum absolute atomic E-state index is 0.00382. The molecular weight excluding hydrogens is 653 g/mol. The number of nitrogens with zero attached hydrogens (tertiary/aromatic N) is 3. The van der Waals surface area contributed by atoms with Crippen molar-refractivity contribution in [2.45, 2.75) is 90.0 Å². The minimum atomic E-state index is -5.77. The maximum absolute atomic E-state index is 14.3. The van der Waals surface area contributed by atoms with Gasteiger partial charge in [-0.2, -0.15) is 8.78 Å². The predicted molar refractivity (Wildman–Crippen MR) is 173 cm³/mol. The molecule has 0 radical (unpaired) electrons. The van der Waals surface area contributed by atoms with Crippen LogP contribution in [0.4, 0.5) is 8.78 Å². The summed E-state index contributed by atoms with van der Waals surface area (Å²) in [5, 5.41) is 3.02. The fourth-order valence-corrected chi connectivity index (χ4v) is 8.37. The Kier molecular flexibility index (Phi) is 9.92. The molecule has 0 aliphatic carbocycles. The average molecular weight is 697 g/mol. The van der Waals surface area contributed by atoms with Gasteiger partial charge < -0.3 is 29.8 Å². The molecule has 1 aromatic heterocycles. The topological polar surface area (TPSA) is 148 Å². The summed E-state index contributed by atoms with van der Waals surface area (Å²) in [4.78, 5) is 77.8. The molecule has 0 saturated carbocycles. The molecule has 3 aliphatic rings. The number of benzene rings is 1. The van der Waals surface area contributed by atoms with Crippen molar-refractivity contribution in [1.29, 1.82) is 0 Å². The molecule has 3 aliphatic heterocycles. The fraction of sp³-hybridized carbons (Fsp3) is 0.625. The molecular formula is C32H43F2N4O7PS. The number of hydrogen-bond donors (Lipinski definition) is 3. The van der Waals surface area contributed by atoms with E-state index in [1.807, 2.05) is 11.8 Å². The molecule has 4 atom stereocenters. The van der Waals surface area contributed by atoms with Gasteiger partial charge in [0.15, 0.2) is 0 Å². The van der Waals surface area contributed by atoms with Crippen LogP contribution in [0.15, 0.2) is 24.3 Å². The lowest BCUT2D eigenvalue weighted by molar-refractivity contribution is -0.146. The highest BCUT2D eigenvalue weighted by atomic mass is 32.1. The first-order chi connectivity index (χ1) is 21.9. The Hall–Kier alpha value is -2.93. The summed E-state index contributed by atoms with van der Waals surface area (Å²) in [7, 11) is -5.77. The van der Waals surface area contributed by atoms with Crippen LogP contribution in [0.3, 0.4) is 0 Å². The lowest BCUT2D eigenvalue weighted by Crippen LogP contribution is -2.58. The average Bonchev–Trinajstić information content (AvgIpc) is 3.79. The Morgan fingerprint density at radius 1 is 1.06 bits per heavy atom. The second kappa shape index (κ2) is 13.2. The molecule has 47 heavy (non-hydrogen) atoms. The monoisotopic (exact) mass is 696 g/mol. The smallest absolute Gasteiger partial charge is 0.339 e. The maximum atomic E-state index is 14.3. The van der Waals surface area contributed by atoms with Gasteiger partial charge in [-0.05, 0) is 54.7 Å². The summed E-state index contributed by atoms with van der Waals surface area (Å²) in [5.41, 5.74) is -6.01. The number of amides is 4. The SMILES string of the molecule is CCCCC(=O)N1CC[C@H]2CN(C(=O)[C@@H]3CCCN3C(=O)C(NC(=O)c3cc4cc(C(F)(F)P(=O)(O)O)ccc4s3)C(C)(C)C)C[C@H]21. The lowest BCUT2D eigenvalue weighted by atomic mass is 9.85. The number of carbonyl (C=O) groups is 4. The first kappa shape index (κ1) is 35.4. The van der Waals surface area contributed by atoms with E-state index in [0.717, 1.165) is 42.7 Å². The van der Waals surface area contributed by atoms with Crippen molar-refractivity contribution in [3.05, 3.63) is 34.7 Å². The van der Waals surface area contributed by atoms with E-state index in [9.17, 15) is 32.5 Å². The van der Waals surface area contributed by atoms with Crippen LogP contribution in [-0.2, 0) is 24.6 Å². The second-order valence-electron chi connectivity index (χ2n) is 14.0. The number of unbranched alkanes of at least 4 members (excludes halogenated alkanes) is 1. The van der Waals surface area contributed by atoms with Crippen molar-refractivity contribution in [3.63, 3.8) is 0 Å². The van der Waals surface area contributed by atoms with Crippen LogP contribution in [0.25, 0.3) is 10.1 Å². The number of rotatable bonds is 9. The molecule has 3 saturated heterocycles. The van der Waals surface area contributed by atoms with Crippen molar-refractivity contribution in [1.82, 2.24) is 20.0 Å². The van der Waals surface area contributed by atoms with Crippen LogP contribution < -0.4 is 5.32 Å². The standard InChI is InChI=1S/C32H43F2N4O7PS/c1-5-6-9-26(39)37-14-12-19-17-36(18-23(19)37)29(41)22-8-7-13-38(22)30(42)27(31(2,3)4)35-28(40)25-16-20-15-21(10-11-24(20)47-25)32(33,34)46(43,44)45/h10-11,15-16,19,22-23,27H,5-9,12-14,17-18H2,1-4H3,(H,35,40)(H2,43,44,45)/t19-,22-,23+,27?/m0/s1. The van der Waals surface area contributed by atoms with Gasteiger partial charge in [-0.15, -0.1) is 11.3 Å². The lowest BCUT2D eigenvalue weighted by Gasteiger charge is -2.36. The summed E-state index contributed by atoms with van der Waals surface area (Å²) in [5.74, 6) is -0.782. The number of likely N-dealkylation sites (tertiary alicyclic amines) is 3. The molecule has 3 N–H and O–H groups in total. The molecule has 258 valence electrons. The summed E-state index contributed by atoms with van der Waals surface area (Å²) in [6, 6.07) is 2.80. The van der Waals surface area contributed by atoms with Crippen LogP contribution in [0.1, 0.15) is 81.5 Å². The quantitative estimate of drug-likeness (QED) is 0.327. The van der Waals surface area contributed by atoms with Gasteiger partial charge in [0.05, 0.1) is 10.9 Å². The maximum Gasteiger partial charge on any atom is 0.399 e. The third-order valence-corrected chi connectivity index (χ3v) is 11.7. The summed E-state index contributed by atoms with van der Waals surface area (Å²) in [6.45, 7) is 9.52. The van der Waals surface area contributed by atoms with E-state index in [4.69, 9.17) is 9.79 Å². The Morgan fingerprint density at radius 3 is 2.45 bits per heavy atom. The van der Waals surface area contributed by atoms with Gasteiger partial charge in [0, 0.05) is 48.8 Å². The van der Waals surface area contributed by atoms with E-state index in [0.29, 0.717) is 50.1 Å². The van der Waals surface area contributed by atoms with E-state index in [1.54, 1.807) is 30.6 Å². The zero-order chi connectivity index (χ0) is 34.5. The number of carbonyl (C=O) groups excluding carboxylic acids is 4. The number of nitrogens with one attached hydrogen (secondary N) is 1. The highest BCUT2D eigenvalue weighted by Gasteiger charge is 2.51. The van der Waals surface area contributed by atoms with Gasteiger partial charge in [-0.25, -0.2) is 0 Å². The first-order valence-corrected chi connectivity index (χ1v) is 18.5. The van der Waals surface area contributed by atoms with E-state index >= 15 is 0 Å². The molecule has 1 unspecified atom stereocenters. The third-order valence-electron chi connectivity index (χ3n) is 9.59.